The number of hydrogen-bond donors (Lipinski definition) is 1. The molecule has 2 saturated heterocycles. The first-order valence-corrected chi connectivity index (χ1v) is 10.1. The second-order valence-electron chi connectivity index (χ2n) is 6.50. The molecule has 134 valence electrons. The molecule has 0 aromatic heterocycles. The fourth-order valence-corrected chi connectivity index (χ4v) is 4.31. The molecule has 0 bridgehead atoms. The Morgan fingerprint density at radius 3 is 2.52 bits per heavy atom. The minimum absolute atomic E-state index is 0.00563. The average molecular weight is 347 g/mol. The highest BCUT2D eigenvalue weighted by Crippen LogP contribution is 2.16. The standard InChI is InChI=1S/C15H29N3O4S/c1-13(2)22-10-11-23(20,21)18-8-6-17(7-9-18)15(19)14-4-3-5-16-12-14/h13-14,16H,3-12H2,1-2H3. The lowest BCUT2D eigenvalue weighted by Crippen LogP contribution is -2.53. The average Bonchev–Trinajstić information content (AvgIpc) is 2.54. The molecule has 2 aliphatic rings. The van der Waals surface area contributed by atoms with E-state index in [0.717, 1.165) is 25.9 Å². The highest BCUT2D eigenvalue weighted by atomic mass is 32.2. The van der Waals surface area contributed by atoms with Gasteiger partial charge in [0.1, 0.15) is 0 Å². The lowest BCUT2D eigenvalue weighted by atomic mass is 9.98. The Labute approximate surface area is 139 Å². The van der Waals surface area contributed by atoms with Gasteiger partial charge in [0.05, 0.1) is 24.4 Å². The molecule has 2 aliphatic heterocycles. The highest BCUT2D eigenvalue weighted by Gasteiger charge is 2.31. The van der Waals surface area contributed by atoms with Crippen LogP contribution in [0.4, 0.5) is 0 Å². The summed E-state index contributed by atoms with van der Waals surface area (Å²) in [5.74, 6) is 0.217. The third-order valence-electron chi connectivity index (χ3n) is 4.38. The number of sulfonamides is 1. The maximum Gasteiger partial charge on any atom is 0.227 e. The Kier molecular flexibility index (Phi) is 6.82. The number of amides is 1. The van der Waals surface area contributed by atoms with E-state index < -0.39 is 10.0 Å². The number of nitrogens with one attached hydrogen (secondary N) is 1. The molecule has 8 heteroatoms. The molecule has 0 aromatic rings. The van der Waals surface area contributed by atoms with Gasteiger partial charge < -0.3 is 15.0 Å². The van der Waals surface area contributed by atoms with Gasteiger partial charge in [-0.15, -0.1) is 0 Å². The van der Waals surface area contributed by atoms with E-state index in [0.29, 0.717) is 26.2 Å². The second-order valence-corrected chi connectivity index (χ2v) is 8.59. The van der Waals surface area contributed by atoms with E-state index in [1.165, 1.54) is 4.31 Å². The van der Waals surface area contributed by atoms with Crippen LogP contribution in [0.25, 0.3) is 0 Å². The van der Waals surface area contributed by atoms with Crippen LogP contribution in [0.5, 0.6) is 0 Å². The van der Waals surface area contributed by atoms with Gasteiger partial charge in [0, 0.05) is 32.7 Å². The van der Waals surface area contributed by atoms with E-state index in [1.807, 2.05) is 18.7 Å². The Balaban J connectivity index is 1.79. The Morgan fingerprint density at radius 2 is 1.96 bits per heavy atom. The third kappa shape index (κ3) is 5.41. The summed E-state index contributed by atoms with van der Waals surface area (Å²) in [7, 11) is -3.29. The molecule has 0 aliphatic carbocycles. The summed E-state index contributed by atoms with van der Waals surface area (Å²) in [6, 6.07) is 0. The van der Waals surface area contributed by atoms with Gasteiger partial charge in [0.2, 0.25) is 15.9 Å². The summed E-state index contributed by atoms with van der Waals surface area (Å²) in [5, 5.41) is 3.25. The van der Waals surface area contributed by atoms with Gasteiger partial charge in [0.25, 0.3) is 0 Å². The number of piperidine rings is 1. The van der Waals surface area contributed by atoms with Crippen LogP contribution in [-0.2, 0) is 19.6 Å². The van der Waals surface area contributed by atoms with Crippen molar-refractivity contribution in [2.45, 2.75) is 32.8 Å². The van der Waals surface area contributed by atoms with Crippen molar-refractivity contribution in [3.63, 3.8) is 0 Å². The fraction of sp³-hybridized carbons (Fsp3) is 0.933. The highest BCUT2D eigenvalue weighted by molar-refractivity contribution is 7.89. The molecule has 0 saturated carbocycles. The molecular weight excluding hydrogens is 318 g/mol. The maximum absolute atomic E-state index is 12.5. The van der Waals surface area contributed by atoms with Crippen LogP contribution in [0, 0.1) is 5.92 Å². The zero-order valence-electron chi connectivity index (χ0n) is 14.2. The molecule has 0 radical (unpaired) electrons. The molecule has 1 N–H and O–H groups in total. The molecule has 2 rings (SSSR count). The maximum atomic E-state index is 12.5. The largest absolute Gasteiger partial charge is 0.378 e. The van der Waals surface area contributed by atoms with E-state index >= 15 is 0 Å². The van der Waals surface area contributed by atoms with Crippen molar-refractivity contribution in [3.8, 4) is 0 Å². The lowest BCUT2D eigenvalue weighted by Gasteiger charge is -2.36. The van der Waals surface area contributed by atoms with Crippen LogP contribution in [0.15, 0.2) is 0 Å². The van der Waals surface area contributed by atoms with Crippen LogP contribution in [0.2, 0.25) is 0 Å². The Bertz CT molecular complexity index is 481. The molecule has 0 spiro atoms. The molecule has 1 atom stereocenters. The van der Waals surface area contributed by atoms with E-state index in [1.54, 1.807) is 0 Å². The van der Waals surface area contributed by atoms with Crippen molar-refractivity contribution >= 4 is 15.9 Å². The number of carbonyl (C=O) groups excluding carboxylic acids is 1. The topological polar surface area (TPSA) is 79.0 Å². The number of rotatable bonds is 6. The lowest BCUT2D eigenvalue weighted by molar-refractivity contribution is -0.137. The second kappa shape index (κ2) is 8.41. The molecule has 1 unspecified atom stereocenters. The number of nitrogens with zero attached hydrogens (tertiary/aromatic N) is 2. The predicted molar refractivity (Wildman–Crippen MR) is 88.6 cm³/mol. The normalized spacial score (nSPS) is 24.1. The minimum Gasteiger partial charge on any atom is -0.378 e. The summed E-state index contributed by atoms with van der Waals surface area (Å²) in [6.45, 7) is 7.45. The molecule has 23 heavy (non-hydrogen) atoms. The van der Waals surface area contributed by atoms with Crippen molar-refractivity contribution in [1.29, 1.82) is 0 Å². The van der Waals surface area contributed by atoms with Crippen molar-refractivity contribution < 1.29 is 17.9 Å². The van der Waals surface area contributed by atoms with E-state index in [9.17, 15) is 13.2 Å². The van der Waals surface area contributed by atoms with Gasteiger partial charge in [0.15, 0.2) is 0 Å². The van der Waals surface area contributed by atoms with E-state index in [-0.39, 0.29) is 30.3 Å². The molecule has 7 nitrogen and oxygen atoms in total. The van der Waals surface area contributed by atoms with E-state index in [2.05, 4.69) is 5.32 Å². The zero-order valence-corrected chi connectivity index (χ0v) is 15.0. The minimum atomic E-state index is -3.29. The number of ether oxygens (including phenoxy) is 1. The first-order chi connectivity index (χ1) is 10.9. The van der Waals surface area contributed by atoms with Crippen LogP contribution < -0.4 is 5.32 Å². The van der Waals surface area contributed by atoms with Crippen LogP contribution >= 0.6 is 0 Å². The summed E-state index contributed by atoms with van der Waals surface area (Å²) in [6.07, 6.45) is 1.99. The van der Waals surface area contributed by atoms with Gasteiger partial charge in [-0.05, 0) is 33.2 Å². The van der Waals surface area contributed by atoms with Crippen LogP contribution in [0.1, 0.15) is 26.7 Å². The Hall–Kier alpha value is -0.700. The smallest absolute Gasteiger partial charge is 0.227 e. The first-order valence-electron chi connectivity index (χ1n) is 8.49. The molecule has 2 fully saturated rings. The predicted octanol–water partition coefficient (Wildman–Crippen LogP) is -0.115. The fourth-order valence-electron chi connectivity index (χ4n) is 3.03. The Morgan fingerprint density at radius 1 is 1.26 bits per heavy atom. The SMILES string of the molecule is CC(C)OCCS(=O)(=O)N1CCN(C(=O)C2CCCNC2)CC1. The first kappa shape index (κ1) is 18.6. The monoisotopic (exact) mass is 347 g/mol. The zero-order chi connectivity index (χ0) is 16.9. The van der Waals surface area contributed by atoms with Crippen LogP contribution in [0.3, 0.4) is 0 Å². The van der Waals surface area contributed by atoms with Gasteiger partial charge in [-0.1, -0.05) is 0 Å². The quantitative estimate of drug-likeness (QED) is 0.725. The summed E-state index contributed by atoms with van der Waals surface area (Å²) < 4.78 is 31.4. The summed E-state index contributed by atoms with van der Waals surface area (Å²) >= 11 is 0. The summed E-state index contributed by atoms with van der Waals surface area (Å²) in [4.78, 5) is 14.3. The van der Waals surface area contributed by atoms with Gasteiger partial charge >= 0.3 is 0 Å². The third-order valence-corrected chi connectivity index (χ3v) is 6.22. The molecule has 1 amide bonds. The van der Waals surface area contributed by atoms with Gasteiger partial charge in [-0.3, -0.25) is 4.79 Å². The van der Waals surface area contributed by atoms with Crippen molar-refractivity contribution in [1.82, 2.24) is 14.5 Å². The molecule has 2 heterocycles. The number of piperazine rings is 1. The van der Waals surface area contributed by atoms with Gasteiger partial charge in [-0.2, -0.15) is 4.31 Å². The molecular formula is C15H29N3O4S. The number of hydrogen-bond acceptors (Lipinski definition) is 5. The van der Waals surface area contributed by atoms with Crippen molar-refractivity contribution in [2.24, 2.45) is 5.92 Å². The molecule has 0 aromatic carbocycles. The van der Waals surface area contributed by atoms with Crippen molar-refractivity contribution in [3.05, 3.63) is 0 Å². The van der Waals surface area contributed by atoms with Crippen LogP contribution in [-0.4, -0.2) is 81.3 Å². The van der Waals surface area contributed by atoms with E-state index in [4.69, 9.17) is 4.74 Å². The number of carbonyl (C=O) groups is 1. The van der Waals surface area contributed by atoms with Gasteiger partial charge in [-0.25, -0.2) is 8.42 Å². The van der Waals surface area contributed by atoms with Crippen molar-refractivity contribution in [2.75, 3.05) is 51.6 Å². The summed E-state index contributed by atoms with van der Waals surface area (Å²) in [5.41, 5.74) is 0.